The van der Waals surface area contributed by atoms with Crippen molar-refractivity contribution in [2.75, 3.05) is 7.11 Å². The maximum atomic E-state index is 11.8. The second-order valence-corrected chi connectivity index (χ2v) is 8.74. The van der Waals surface area contributed by atoms with Crippen molar-refractivity contribution in [3.63, 3.8) is 0 Å². The third-order valence-corrected chi connectivity index (χ3v) is 6.41. The zero-order valence-corrected chi connectivity index (χ0v) is 19.2. The zero-order valence-electron chi connectivity index (χ0n) is 17.6. The van der Waals surface area contributed by atoms with Gasteiger partial charge < -0.3 is 9.84 Å². The van der Waals surface area contributed by atoms with Gasteiger partial charge in [-0.25, -0.2) is 4.98 Å². The van der Waals surface area contributed by atoms with Crippen molar-refractivity contribution in [3.05, 3.63) is 118 Å². The van der Waals surface area contributed by atoms with Gasteiger partial charge in [-0.2, -0.15) is 0 Å². The number of hydrogen-bond donors (Lipinski definition) is 1. The molecule has 1 unspecified atom stereocenters. The Morgan fingerprint density at radius 1 is 0.781 bits per heavy atom. The molecule has 2 atom stereocenters. The largest absolute Gasteiger partial charge is 0.481 e. The van der Waals surface area contributed by atoms with Gasteiger partial charge in [0.15, 0.2) is 0 Å². The molecular weight excluding hydrogens is 462 g/mol. The Morgan fingerprint density at radius 3 is 2.34 bits per heavy atom. The topological polar surface area (TPSA) is 42.4 Å². The molecule has 3 nitrogen and oxygen atoms in total. The van der Waals surface area contributed by atoms with E-state index in [2.05, 4.69) is 40.2 Å². The van der Waals surface area contributed by atoms with Gasteiger partial charge in [0.25, 0.3) is 0 Å². The molecule has 5 aromatic rings. The summed E-state index contributed by atoms with van der Waals surface area (Å²) in [5, 5.41) is 15.0. The first kappa shape index (κ1) is 20.7. The van der Waals surface area contributed by atoms with Crippen molar-refractivity contribution < 1.29 is 9.84 Å². The van der Waals surface area contributed by atoms with Crippen LogP contribution in [0.15, 0.2) is 102 Å². The molecule has 1 heterocycles. The molecule has 0 radical (unpaired) electrons. The summed E-state index contributed by atoms with van der Waals surface area (Å²) in [6.07, 6.45) is -0.788. The van der Waals surface area contributed by atoms with Crippen molar-refractivity contribution in [3.8, 4) is 5.88 Å². The number of pyridine rings is 1. The van der Waals surface area contributed by atoms with Gasteiger partial charge >= 0.3 is 0 Å². The molecule has 0 aliphatic rings. The number of ether oxygens (including phenoxy) is 1. The molecule has 1 N–H and O–H groups in total. The number of benzene rings is 4. The van der Waals surface area contributed by atoms with Crippen LogP contribution in [0.5, 0.6) is 5.88 Å². The molecule has 0 aliphatic carbocycles. The molecule has 5 rings (SSSR count). The summed E-state index contributed by atoms with van der Waals surface area (Å²) < 4.78 is 6.71. The van der Waals surface area contributed by atoms with Gasteiger partial charge in [-0.15, -0.1) is 0 Å². The van der Waals surface area contributed by atoms with E-state index in [1.54, 1.807) is 7.11 Å². The molecule has 0 aliphatic heterocycles. The Bertz CT molecular complexity index is 1400. The van der Waals surface area contributed by atoms with E-state index in [1.807, 2.05) is 72.8 Å². The number of halogens is 1. The molecular formula is C28H22BrNO2. The lowest BCUT2D eigenvalue weighted by atomic mass is 9.82. The van der Waals surface area contributed by atoms with Crippen LogP contribution in [0.1, 0.15) is 28.7 Å². The van der Waals surface area contributed by atoms with E-state index in [1.165, 1.54) is 0 Å². The molecule has 158 valence electrons. The van der Waals surface area contributed by atoms with Gasteiger partial charge in [-0.1, -0.05) is 88.7 Å². The van der Waals surface area contributed by atoms with Gasteiger partial charge in [0.05, 0.1) is 18.7 Å². The van der Waals surface area contributed by atoms with Crippen molar-refractivity contribution >= 4 is 37.6 Å². The lowest BCUT2D eigenvalue weighted by Gasteiger charge is -2.27. The highest BCUT2D eigenvalue weighted by Crippen LogP contribution is 2.43. The molecule has 32 heavy (non-hydrogen) atoms. The summed E-state index contributed by atoms with van der Waals surface area (Å²) in [6, 6.07) is 32.3. The van der Waals surface area contributed by atoms with Crippen molar-refractivity contribution in [2.45, 2.75) is 12.0 Å². The zero-order chi connectivity index (χ0) is 22.1. The first-order chi connectivity index (χ1) is 15.7. The van der Waals surface area contributed by atoms with E-state index < -0.39 is 6.10 Å². The summed E-state index contributed by atoms with van der Waals surface area (Å²) in [6.45, 7) is 0. The highest BCUT2D eigenvalue weighted by Gasteiger charge is 2.29. The van der Waals surface area contributed by atoms with Crippen molar-refractivity contribution in [1.82, 2.24) is 4.98 Å². The monoisotopic (exact) mass is 483 g/mol. The maximum absolute atomic E-state index is 11.8. The van der Waals surface area contributed by atoms with Gasteiger partial charge in [0, 0.05) is 21.3 Å². The van der Waals surface area contributed by atoms with E-state index in [-0.39, 0.29) is 5.92 Å². The van der Waals surface area contributed by atoms with Gasteiger partial charge in [0.2, 0.25) is 5.88 Å². The minimum Gasteiger partial charge on any atom is -0.481 e. The smallest absolute Gasteiger partial charge is 0.217 e. The third kappa shape index (κ3) is 3.77. The SMILES string of the molecule is COc1nc2ccc(Br)cc2cc1[C@@H](c1ccccc1)C(O)c1cccc2ccccc12. The predicted molar refractivity (Wildman–Crippen MR) is 133 cm³/mol. The molecule has 4 heteroatoms. The summed E-state index contributed by atoms with van der Waals surface area (Å²) in [5.74, 6) is 0.167. The number of fused-ring (bicyclic) bond motifs is 2. The normalized spacial score (nSPS) is 13.2. The van der Waals surface area contributed by atoms with Crippen LogP contribution in [0.4, 0.5) is 0 Å². The first-order valence-corrected chi connectivity index (χ1v) is 11.3. The second kappa shape index (κ2) is 8.73. The Kier molecular flexibility index (Phi) is 5.64. The van der Waals surface area contributed by atoms with Gasteiger partial charge in [-0.05, 0) is 46.2 Å². The van der Waals surface area contributed by atoms with Crippen molar-refractivity contribution in [2.24, 2.45) is 0 Å². The van der Waals surface area contributed by atoms with Crippen LogP contribution < -0.4 is 4.74 Å². The van der Waals surface area contributed by atoms with Crippen molar-refractivity contribution in [1.29, 1.82) is 0 Å². The van der Waals surface area contributed by atoms with Crippen LogP contribution in [0.3, 0.4) is 0 Å². The second-order valence-electron chi connectivity index (χ2n) is 7.83. The number of aromatic nitrogens is 1. The summed E-state index contributed by atoms with van der Waals surface area (Å²) in [5.41, 5.74) is 3.58. The van der Waals surface area contributed by atoms with Crippen LogP contribution >= 0.6 is 15.9 Å². The van der Waals surface area contributed by atoms with Crippen LogP contribution in [0.2, 0.25) is 0 Å². The number of hydrogen-bond acceptors (Lipinski definition) is 3. The average Bonchev–Trinajstić information content (AvgIpc) is 2.84. The van der Waals surface area contributed by atoms with E-state index in [0.29, 0.717) is 5.88 Å². The molecule has 4 aromatic carbocycles. The molecule has 0 bridgehead atoms. The summed E-state index contributed by atoms with van der Waals surface area (Å²) in [4.78, 5) is 4.77. The van der Waals surface area contributed by atoms with E-state index in [4.69, 9.17) is 9.72 Å². The highest BCUT2D eigenvalue weighted by molar-refractivity contribution is 9.10. The van der Waals surface area contributed by atoms with Gasteiger partial charge in [-0.3, -0.25) is 0 Å². The minimum atomic E-state index is -0.788. The van der Waals surface area contributed by atoms with Crippen LogP contribution in [0, 0.1) is 0 Å². The Balaban J connectivity index is 1.75. The molecule has 0 saturated heterocycles. The highest BCUT2D eigenvalue weighted by atomic mass is 79.9. The first-order valence-electron chi connectivity index (χ1n) is 10.5. The fraction of sp³-hybridized carbons (Fsp3) is 0.107. The Hall–Kier alpha value is -3.21. The van der Waals surface area contributed by atoms with Crippen LogP contribution in [-0.2, 0) is 0 Å². The minimum absolute atomic E-state index is 0.354. The average molecular weight is 484 g/mol. The number of nitrogens with zero attached hydrogens (tertiary/aromatic N) is 1. The standard InChI is InChI=1S/C28H22BrNO2/c1-32-28-24(17-20-16-21(29)14-15-25(20)30-28)26(19-9-3-2-4-10-19)27(31)23-13-7-11-18-8-5-6-12-22(18)23/h2-17,26-27,31H,1H3/t26-,27?/m1/s1. The molecule has 0 saturated carbocycles. The van der Waals surface area contributed by atoms with E-state index in [9.17, 15) is 5.11 Å². The Morgan fingerprint density at radius 2 is 1.53 bits per heavy atom. The number of aliphatic hydroxyl groups is 1. The van der Waals surface area contributed by atoms with Crippen LogP contribution in [-0.4, -0.2) is 17.2 Å². The van der Waals surface area contributed by atoms with E-state index >= 15 is 0 Å². The fourth-order valence-corrected chi connectivity index (χ4v) is 4.79. The fourth-order valence-electron chi connectivity index (χ4n) is 4.41. The lowest BCUT2D eigenvalue weighted by molar-refractivity contribution is 0.159. The quantitative estimate of drug-likeness (QED) is 0.291. The predicted octanol–water partition coefficient (Wildman–Crippen LogP) is 7.02. The molecule has 1 aromatic heterocycles. The lowest BCUT2D eigenvalue weighted by Crippen LogP contribution is -2.15. The third-order valence-electron chi connectivity index (χ3n) is 5.91. The van der Waals surface area contributed by atoms with Gasteiger partial charge in [0.1, 0.15) is 0 Å². The summed E-state index contributed by atoms with van der Waals surface area (Å²) in [7, 11) is 1.63. The van der Waals surface area contributed by atoms with Crippen LogP contribution in [0.25, 0.3) is 21.7 Å². The number of methoxy groups -OCH3 is 1. The van der Waals surface area contributed by atoms with E-state index in [0.717, 1.165) is 42.8 Å². The maximum Gasteiger partial charge on any atom is 0.217 e. The molecule has 0 spiro atoms. The molecule has 0 amide bonds. The Labute approximate surface area is 195 Å². The number of rotatable bonds is 5. The number of aliphatic hydroxyl groups excluding tert-OH is 1. The summed E-state index contributed by atoms with van der Waals surface area (Å²) >= 11 is 3.56. The molecule has 0 fully saturated rings.